The molecule has 0 radical (unpaired) electrons. The van der Waals surface area contributed by atoms with Crippen LogP contribution in [0.4, 0.5) is 0 Å². The molecule has 2 saturated carbocycles. The molecule has 2 aliphatic rings. The van der Waals surface area contributed by atoms with Crippen LogP contribution < -0.4 is 5.32 Å². The van der Waals surface area contributed by atoms with E-state index in [0.717, 1.165) is 18.4 Å². The summed E-state index contributed by atoms with van der Waals surface area (Å²) >= 11 is 0. The summed E-state index contributed by atoms with van der Waals surface area (Å²) in [6, 6.07) is 0.654. The number of aliphatic hydroxyl groups excluding tert-OH is 1. The normalized spacial score (nSPS) is 25.9. The van der Waals surface area contributed by atoms with Crippen LogP contribution in [-0.4, -0.2) is 23.8 Å². The summed E-state index contributed by atoms with van der Waals surface area (Å²) in [5.74, 6) is 0. The van der Waals surface area contributed by atoms with Gasteiger partial charge in [0.05, 0.1) is 6.10 Å². The van der Waals surface area contributed by atoms with Crippen LogP contribution in [-0.2, 0) is 0 Å². The number of hydrogen-bond acceptors (Lipinski definition) is 2. The molecule has 2 fully saturated rings. The second-order valence-electron chi connectivity index (χ2n) is 8.31. The van der Waals surface area contributed by atoms with Crippen molar-refractivity contribution in [3.63, 3.8) is 0 Å². The van der Waals surface area contributed by atoms with Crippen molar-refractivity contribution in [2.75, 3.05) is 6.54 Å². The van der Waals surface area contributed by atoms with E-state index in [9.17, 15) is 5.11 Å². The summed E-state index contributed by atoms with van der Waals surface area (Å²) < 4.78 is 0. The molecule has 112 valence electrons. The predicted octanol–water partition coefficient (Wildman–Crippen LogP) is 3.88. The van der Waals surface area contributed by atoms with Crippen LogP contribution in [0.3, 0.4) is 0 Å². The van der Waals surface area contributed by atoms with Gasteiger partial charge in [-0.15, -0.1) is 0 Å². The Hall–Kier alpha value is -0.0800. The van der Waals surface area contributed by atoms with Crippen molar-refractivity contribution < 1.29 is 5.11 Å². The van der Waals surface area contributed by atoms with E-state index < -0.39 is 0 Å². The highest BCUT2D eigenvalue weighted by Crippen LogP contribution is 2.48. The first kappa shape index (κ1) is 15.3. The Labute approximate surface area is 119 Å². The Balaban J connectivity index is 1.65. The fourth-order valence-electron chi connectivity index (χ4n) is 4.14. The minimum atomic E-state index is -0.192. The number of nitrogens with one attached hydrogen (secondary N) is 1. The van der Waals surface area contributed by atoms with Gasteiger partial charge in [-0.1, -0.05) is 33.6 Å². The predicted molar refractivity (Wildman–Crippen MR) is 81.2 cm³/mol. The molecule has 2 rings (SSSR count). The molecule has 0 aromatic heterocycles. The van der Waals surface area contributed by atoms with Gasteiger partial charge >= 0.3 is 0 Å². The van der Waals surface area contributed by atoms with Crippen LogP contribution >= 0.6 is 0 Å². The highest BCUT2D eigenvalue weighted by molar-refractivity contribution is 4.91. The fraction of sp³-hybridized carbons (Fsp3) is 1.00. The van der Waals surface area contributed by atoms with Crippen LogP contribution in [0, 0.1) is 10.8 Å². The van der Waals surface area contributed by atoms with Gasteiger partial charge in [0.1, 0.15) is 0 Å². The molecule has 19 heavy (non-hydrogen) atoms. The lowest BCUT2D eigenvalue weighted by molar-refractivity contribution is 0.106. The maximum atomic E-state index is 10.1. The highest BCUT2D eigenvalue weighted by Gasteiger charge is 2.37. The third kappa shape index (κ3) is 4.75. The van der Waals surface area contributed by atoms with Gasteiger partial charge in [-0.2, -0.15) is 0 Å². The van der Waals surface area contributed by atoms with Gasteiger partial charge in [0, 0.05) is 12.6 Å². The fourth-order valence-corrected chi connectivity index (χ4v) is 4.14. The van der Waals surface area contributed by atoms with E-state index in [1.165, 1.54) is 51.4 Å². The summed E-state index contributed by atoms with van der Waals surface area (Å²) in [6.07, 6.45) is 12.0. The minimum absolute atomic E-state index is 0.192. The van der Waals surface area contributed by atoms with Gasteiger partial charge < -0.3 is 10.4 Å². The molecule has 0 heterocycles. The van der Waals surface area contributed by atoms with Crippen molar-refractivity contribution in [2.24, 2.45) is 10.8 Å². The molecule has 1 unspecified atom stereocenters. The van der Waals surface area contributed by atoms with Crippen molar-refractivity contribution in [1.82, 2.24) is 5.32 Å². The lowest BCUT2D eigenvalue weighted by atomic mass is 9.71. The van der Waals surface area contributed by atoms with E-state index in [0.29, 0.717) is 6.04 Å². The van der Waals surface area contributed by atoms with Crippen molar-refractivity contribution in [3.05, 3.63) is 0 Å². The molecule has 2 aliphatic carbocycles. The third-order valence-corrected chi connectivity index (χ3v) is 5.20. The standard InChI is InChI=1S/C17H33NO/c1-16(2,3)12-15(19)13-18-14-6-10-17(11-7-14)8-4-5-9-17/h14-15,18-19H,4-13H2,1-3H3. The quantitative estimate of drug-likeness (QED) is 0.810. The molecule has 0 aromatic rings. The van der Waals surface area contributed by atoms with Crippen molar-refractivity contribution in [3.8, 4) is 0 Å². The summed E-state index contributed by atoms with van der Waals surface area (Å²) in [5.41, 5.74) is 0.948. The van der Waals surface area contributed by atoms with Gasteiger partial charge in [-0.05, 0) is 55.8 Å². The van der Waals surface area contributed by atoms with Gasteiger partial charge in [-0.25, -0.2) is 0 Å². The summed E-state index contributed by atoms with van der Waals surface area (Å²) in [5, 5.41) is 13.7. The molecule has 0 bridgehead atoms. The van der Waals surface area contributed by atoms with E-state index in [-0.39, 0.29) is 11.5 Å². The first-order chi connectivity index (χ1) is 8.89. The highest BCUT2D eigenvalue weighted by atomic mass is 16.3. The number of rotatable bonds is 4. The topological polar surface area (TPSA) is 32.3 Å². The van der Waals surface area contributed by atoms with Gasteiger partial charge in [0.2, 0.25) is 0 Å². The Morgan fingerprint density at radius 1 is 1.11 bits per heavy atom. The lowest BCUT2D eigenvalue weighted by Gasteiger charge is -2.38. The SMILES string of the molecule is CC(C)(C)CC(O)CNC1CCC2(CCCC2)CC1. The molecule has 1 atom stereocenters. The molecule has 0 aromatic carbocycles. The smallest absolute Gasteiger partial charge is 0.0669 e. The molecular formula is C17H33NO. The molecule has 0 saturated heterocycles. The molecule has 0 aliphatic heterocycles. The van der Waals surface area contributed by atoms with E-state index in [1.807, 2.05) is 0 Å². The van der Waals surface area contributed by atoms with E-state index in [1.54, 1.807) is 0 Å². The zero-order valence-electron chi connectivity index (χ0n) is 13.2. The summed E-state index contributed by atoms with van der Waals surface area (Å²) in [6.45, 7) is 7.36. The molecule has 0 amide bonds. The lowest BCUT2D eigenvalue weighted by Crippen LogP contribution is -2.41. The van der Waals surface area contributed by atoms with Gasteiger partial charge in [-0.3, -0.25) is 0 Å². The molecular weight excluding hydrogens is 234 g/mol. The maximum absolute atomic E-state index is 10.1. The number of hydrogen-bond donors (Lipinski definition) is 2. The van der Waals surface area contributed by atoms with Gasteiger partial charge in [0.25, 0.3) is 0 Å². The molecule has 1 spiro atoms. The summed E-state index contributed by atoms with van der Waals surface area (Å²) in [7, 11) is 0. The molecule has 2 N–H and O–H groups in total. The first-order valence-corrected chi connectivity index (χ1v) is 8.30. The van der Waals surface area contributed by atoms with Crippen LogP contribution in [0.5, 0.6) is 0 Å². The second-order valence-corrected chi connectivity index (χ2v) is 8.31. The first-order valence-electron chi connectivity index (χ1n) is 8.30. The van der Waals surface area contributed by atoms with Gasteiger partial charge in [0.15, 0.2) is 0 Å². The maximum Gasteiger partial charge on any atom is 0.0669 e. The van der Waals surface area contributed by atoms with Crippen LogP contribution in [0.25, 0.3) is 0 Å². The largest absolute Gasteiger partial charge is 0.392 e. The molecule has 2 heteroatoms. The van der Waals surface area contributed by atoms with E-state index >= 15 is 0 Å². The monoisotopic (exact) mass is 267 g/mol. The third-order valence-electron chi connectivity index (χ3n) is 5.20. The number of aliphatic hydroxyl groups is 1. The summed E-state index contributed by atoms with van der Waals surface area (Å²) in [4.78, 5) is 0. The zero-order chi connectivity index (χ0) is 13.9. The van der Waals surface area contributed by atoms with Crippen molar-refractivity contribution in [1.29, 1.82) is 0 Å². The van der Waals surface area contributed by atoms with Crippen LogP contribution in [0.1, 0.15) is 78.6 Å². The Kier molecular flexibility index (Phi) is 4.94. The Bertz CT molecular complexity index is 265. The average molecular weight is 267 g/mol. The zero-order valence-corrected chi connectivity index (χ0v) is 13.2. The average Bonchev–Trinajstić information content (AvgIpc) is 2.75. The minimum Gasteiger partial charge on any atom is -0.392 e. The Morgan fingerprint density at radius 2 is 1.68 bits per heavy atom. The van der Waals surface area contributed by atoms with E-state index in [4.69, 9.17) is 0 Å². The van der Waals surface area contributed by atoms with Crippen LogP contribution in [0.2, 0.25) is 0 Å². The second kappa shape index (κ2) is 6.13. The van der Waals surface area contributed by atoms with Crippen molar-refractivity contribution >= 4 is 0 Å². The Morgan fingerprint density at radius 3 is 2.21 bits per heavy atom. The van der Waals surface area contributed by atoms with Crippen LogP contribution in [0.15, 0.2) is 0 Å². The molecule has 2 nitrogen and oxygen atoms in total. The van der Waals surface area contributed by atoms with E-state index in [2.05, 4.69) is 26.1 Å². The van der Waals surface area contributed by atoms with Crippen molar-refractivity contribution in [2.45, 2.75) is 90.7 Å².